The van der Waals surface area contributed by atoms with Gasteiger partial charge in [-0.15, -0.1) is 0 Å². The fraction of sp³-hybridized carbons (Fsp3) is 0.542. The van der Waals surface area contributed by atoms with Gasteiger partial charge in [0.05, 0.1) is 54.4 Å². The minimum atomic E-state index is -1.14. The average molecular weight is 491 g/mol. The Balaban J connectivity index is 1.57. The molecule has 3 aromatic rings. The zero-order valence-corrected chi connectivity index (χ0v) is 19.7. The van der Waals surface area contributed by atoms with Gasteiger partial charge in [0, 0.05) is 26.3 Å². The van der Waals surface area contributed by atoms with Crippen LogP contribution in [0.1, 0.15) is 32.6 Å². The second kappa shape index (κ2) is 12.5. The van der Waals surface area contributed by atoms with Crippen LogP contribution in [0.3, 0.4) is 0 Å². The molecule has 2 aromatic heterocycles. The van der Waals surface area contributed by atoms with Crippen LogP contribution in [0.2, 0.25) is 0 Å². The third kappa shape index (κ3) is 6.30. The summed E-state index contributed by atoms with van der Waals surface area (Å²) in [6.45, 7) is 4.85. The molecule has 0 bridgehead atoms. The van der Waals surface area contributed by atoms with Gasteiger partial charge in [0.2, 0.25) is 0 Å². The molecule has 0 saturated carbocycles. The number of fused-ring (bicyclic) bond motifs is 2. The number of rotatable bonds is 16. The molecule has 2 heterocycles. The third-order valence-corrected chi connectivity index (χ3v) is 5.67. The summed E-state index contributed by atoms with van der Waals surface area (Å²) in [5.74, 6) is -1.14. The molecule has 190 valence electrons. The molecule has 0 atom stereocenters. The Kier molecular flexibility index (Phi) is 9.47. The fourth-order valence-electron chi connectivity index (χ4n) is 3.80. The zero-order chi connectivity index (χ0) is 25.4. The minimum absolute atomic E-state index is 0.00114. The molecule has 1 aromatic carbocycles. The Morgan fingerprint density at radius 3 is 1.51 bits per heavy atom. The first-order valence-electron chi connectivity index (χ1n) is 11.7. The van der Waals surface area contributed by atoms with Crippen molar-refractivity contribution < 1.29 is 24.1 Å². The first-order chi connectivity index (χ1) is 16.9. The van der Waals surface area contributed by atoms with Crippen LogP contribution in [0.15, 0.2) is 31.3 Å². The van der Waals surface area contributed by atoms with Crippen molar-refractivity contribution >= 4 is 27.5 Å². The molecule has 11 nitrogen and oxygen atoms in total. The maximum atomic E-state index is 12.8. The summed E-state index contributed by atoms with van der Waals surface area (Å²) in [6, 6.07) is 2.51. The van der Waals surface area contributed by atoms with Crippen LogP contribution in [0.25, 0.3) is 21.5 Å². The summed E-state index contributed by atoms with van der Waals surface area (Å²) in [6.07, 6.45) is 2.15. The number of carboxylic acid groups (broad SMARTS) is 1. The van der Waals surface area contributed by atoms with Crippen LogP contribution < -0.4 is 22.2 Å². The van der Waals surface area contributed by atoms with E-state index in [9.17, 15) is 24.0 Å². The highest BCUT2D eigenvalue weighted by atomic mass is 16.5. The Labute approximate surface area is 200 Å². The van der Waals surface area contributed by atoms with E-state index < -0.39 is 34.6 Å². The predicted molar refractivity (Wildman–Crippen MR) is 129 cm³/mol. The van der Waals surface area contributed by atoms with Gasteiger partial charge in [-0.05, 0) is 25.0 Å². The van der Waals surface area contributed by atoms with Gasteiger partial charge in [0.1, 0.15) is 0 Å². The highest BCUT2D eigenvalue weighted by molar-refractivity contribution is 5.97. The van der Waals surface area contributed by atoms with Gasteiger partial charge in [-0.25, -0.2) is 0 Å². The second-order valence-electron chi connectivity index (χ2n) is 8.16. The highest BCUT2D eigenvalue weighted by Crippen LogP contribution is 2.14. The SMILES string of the molecule is CCCCOCCOCCOCCCn1c(=O)c2cc3c(=O)n(CCC(=O)O)c(=O)c3cc2c1=O. The first kappa shape index (κ1) is 26.5. The molecule has 35 heavy (non-hydrogen) atoms. The highest BCUT2D eigenvalue weighted by Gasteiger charge is 2.19. The monoisotopic (exact) mass is 490 g/mol. The van der Waals surface area contributed by atoms with Crippen molar-refractivity contribution in [3.8, 4) is 0 Å². The molecule has 1 N–H and O–H groups in total. The van der Waals surface area contributed by atoms with E-state index in [0.717, 1.165) is 28.6 Å². The molecule has 0 saturated heterocycles. The van der Waals surface area contributed by atoms with E-state index >= 15 is 0 Å². The van der Waals surface area contributed by atoms with Crippen molar-refractivity contribution in [1.82, 2.24) is 9.13 Å². The summed E-state index contributed by atoms with van der Waals surface area (Å²) in [7, 11) is 0. The van der Waals surface area contributed by atoms with Crippen LogP contribution in [0.5, 0.6) is 0 Å². The third-order valence-electron chi connectivity index (χ3n) is 5.67. The lowest BCUT2D eigenvalue weighted by molar-refractivity contribution is -0.137. The van der Waals surface area contributed by atoms with E-state index in [-0.39, 0.29) is 34.6 Å². The molecule has 0 unspecified atom stereocenters. The van der Waals surface area contributed by atoms with Gasteiger partial charge in [0.25, 0.3) is 22.2 Å². The molecule has 0 aliphatic heterocycles. The van der Waals surface area contributed by atoms with Crippen LogP contribution in [-0.2, 0) is 32.1 Å². The van der Waals surface area contributed by atoms with Crippen molar-refractivity contribution in [2.75, 3.05) is 39.6 Å². The van der Waals surface area contributed by atoms with Gasteiger partial charge in [-0.3, -0.25) is 33.1 Å². The van der Waals surface area contributed by atoms with Crippen LogP contribution >= 0.6 is 0 Å². The lowest BCUT2D eigenvalue weighted by Gasteiger charge is -2.06. The van der Waals surface area contributed by atoms with Crippen LogP contribution in [-0.4, -0.2) is 59.9 Å². The van der Waals surface area contributed by atoms with Crippen molar-refractivity contribution in [2.24, 2.45) is 0 Å². The molecule has 0 aliphatic rings. The molecule has 0 spiro atoms. The summed E-state index contributed by atoms with van der Waals surface area (Å²) in [5.41, 5.74) is -2.42. The largest absolute Gasteiger partial charge is 0.481 e. The number of nitrogens with zero attached hydrogens (tertiary/aromatic N) is 2. The van der Waals surface area contributed by atoms with Gasteiger partial charge < -0.3 is 19.3 Å². The smallest absolute Gasteiger partial charge is 0.305 e. The van der Waals surface area contributed by atoms with Gasteiger partial charge in [0.15, 0.2) is 0 Å². The number of aliphatic carboxylic acids is 1. The molecule has 3 rings (SSSR count). The Morgan fingerprint density at radius 2 is 1.09 bits per heavy atom. The normalized spacial score (nSPS) is 11.7. The van der Waals surface area contributed by atoms with E-state index in [1.54, 1.807) is 0 Å². The van der Waals surface area contributed by atoms with E-state index in [0.29, 0.717) is 39.5 Å². The summed E-state index contributed by atoms with van der Waals surface area (Å²) >= 11 is 0. The lowest BCUT2D eigenvalue weighted by Crippen LogP contribution is -2.27. The summed E-state index contributed by atoms with van der Waals surface area (Å²) in [4.78, 5) is 61.4. The molecule has 0 amide bonds. The van der Waals surface area contributed by atoms with E-state index in [1.807, 2.05) is 0 Å². The van der Waals surface area contributed by atoms with E-state index in [1.165, 1.54) is 12.1 Å². The molecular formula is C24H30N2O9. The van der Waals surface area contributed by atoms with Crippen LogP contribution in [0, 0.1) is 0 Å². The quantitative estimate of drug-likeness (QED) is 0.286. The number of hydrogen-bond donors (Lipinski definition) is 1. The molecular weight excluding hydrogens is 460 g/mol. The predicted octanol–water partition coefficient (Wildman–Crippen LogP) is 0.627. The number of benzene rings is 1. The Bertz CT molecular complexity index is 1280. The molecule has 0 fully saturated rings. The second-order valence-corrected chi connectivity index (χ2v) is 8.16. The Hall–Kier alpha value is -3.15. The van der Waals surface area contributed by atoms with Crippen molar-refractivity contribution in [2.45, 2.75) is 45.7 Å². The number of unbranched alkanes of at least 4 members (excludes halogenated alkanes) is 1. The van der Waals surface area contributed by atoms with E-state index in [4.69, 9.17) is 19.3 Å². The van der Waals surface area contributed by atoms with Crippen LogP contribution in [0.4, 0.5) is 0 Å². The Morgan fingerprint density at radius 1 is 0.686 bits per heavy atom. The molecule has 0 radical (unpaired) electrons. The first-order valence-corrected chi connectivity index (χ1v) is 11.7. The topological polar surface area (TPSA) is 143 Å². The lowest BCUT2D eigenvalue weighted by atomic mass is 10.1. The zero-order valence-electron chi connectivity index (χ0n) is 19.7. The van der Waals surface area contributed by atoms with Gasteiger partial charge in [-0.1, -0.05) is 13.3 Å². The standard InChI is InChI=1S/C24H30N2O9/c1-2-3-8-33-10-12-35-13-11-34-9-4-6-25-21(29)16-14-18-19(15-17(16)22(25)30)24(32)26(23(18)31)7-5-20(27)28/h14-15H,2-13H2,1H3,(H,27,28). The minimum Gasteiger partial charge on any atom is -0.481 e. The molecule has 0 aliphatic carbocycles. The number of ether oxygens (including phenoxy) is 3. The van der Waals surface area contributed by atoms with Crippen molar-refractivity contribution in [3.05, 3.63) is 53.5 Å². The fourth-order valence-corrected chi connectivity index (χ4v) is 3.80. The summed E-state index contributed by atoms with van der Waals surface area (Å²) < 4.78 is 18.2. The number of hydrogen-bond acceptors (Lipinski definition) is 8. The number of aromatic nitrogens is 2. The van der Waals surface area contributed by atoms with E-state index in [2.05, 4.69) is 6.92 Å². The maximum Gasteiger partial charge on any atom is 0.305 e. The summed E-state index contributed by atoms with van der Waals surface area (Å²) in [5, 5.41) is 8.94. The van der Waals surface area contributed by atoms with Crippen molar-refractivity contribution in [3.63, 3.8) is 0 Å². The number of carbonyl (C=O) groups is 1. The molecule has 11 heteroatoms. The maximum absolute atomic E-state index is 12.8. The average Bonchev–Trinajstić information content (AvgIpc) is 3.21. The van der Waals surface area contributed by atoms with Gasteiger partial charge >= 0.3 is 5.97 Å². The van der Waals surface area contributed by atoms with Gasteiger partial charge in [-0.2, -0.15) is 0 Å². The number of carboxylic acids is 1. The van der Waals surface area contributed by atoms with Crippen molar-refractivity contribution in [1.29, 1.82) is 0 Å².